The Hall–Kier alpha value is -2.38. The first-order valence-corrected chi connectivity index (χ1v) is 7.83. The molecule has 1 heterocycles. The second kappa shape index (κ2) is 7.94. The number of nitrogens with zero attached hydrogens (tertiary/aromatic N) is 4. The number of nitrogens with one attached hydrogen (secondary N) is 1. The van der Waals surface area contributed by atoms with Crippen LogP contribution in [0.15, 0.2) is 30.5 Å². The van der Waals surface area contributed by atoms with Gasteiger partial charge in [-0.25, -0.2) is 0 Å². The van der Waals surface area contributed by atoms with E-state index >= 15 is 0 Å². The molecule has 1 aromatic carbocycles. The Morgan fingerprint density at radius 2 is 1.67 bits per heavy atom. The van der Waals surface area contributed by atoms with Crippen LogP contribution in [0, 0.1) is 0 Å². The van der Waals surface area contributed by atoms with Gasteiger partial charge in [-0.1, -0.05) is 13.8 Å². The highest BCUT2D eigenvalue weighted by molar-refractivity contribution is 5.56. The number of aromatic nitrogens is 3. The van der Waals surface area contributed by atoms with E-state index < -0.39 is 11.7 Å². The van der Waals surface area contributed by atoms with Crippen LogP contribution in [-0.4, -0.2) is 28.3 Å². The highest BCUT2D eigenvalue weighted by Gasteiger charge is 2.29. The quantitative estimate of drug-likeness (QED) is 0.817. The Kier molecular flexibility index (Phi) is 5.94. The van der Waals surface area contributed by atoms with E-state index in [0.29, 0.717) is 17.5 Å². The minimum Gasteiger partial charge on any atom is -0.339 e. The number of benzene rings is 1. The Bertz CT molecular complexity index is 637. The van der Waals surface area contributed by atoms with E-state index in [-0.39, 0.29) is 0 Å². The van der Waals surface area contributed by atoms with Gasteiger partial charge in [-0.3, -0.25) is 0 Å². The van der Waals surface area contributed by atoms with Gasteiger partial charge >= 0.3 is 6.18 Å². The van der Waals surface area contributed by atoms with E-state index in [1.165, 1.54) is 18.3 Å². The van der Waals surface area contributed by atoms with Crippen molar-refractivity contribution >= 4 is 17.5 Å². The molecule has 0 aliphatic heterocycles. The lowest BCUT2D eigenvalue weighted by atomic mass is 10.2. The van der Waals surface area contributed by atoms with E-state index in [4.69, 9.17) is 0 Å². The van der Waals surface area contributed by atoms with Crippen molar-refractivity contribution in [2.45, 2.75) is 32.9 Å². The predicted molar refractivity (Wildman–Crippen MR) is 87.3 cm³/mol. The molecule has 0 saturated carbocycles. The van der Waals surface area contributed by atoms with Crippen LogP contribution < -0.4 is 10.2 Å². The van der Waals surface area contributed by atoms with Crippen molar-refractivity contribution in [3.8, 4) is 0 Å². The topological polar surface area (TPSA) is 53.9 Å². The minimum absolute atomic E-state index is 0.442. The van der Waals surface area contributed by atoms with Gasteiger partial charge in [-0.05, 0) is 37.1 Å². The van der Waals surface area contributed by atoms with Gasteiger partial charge < -0.3 is 10.2 Å². The van der Waals surface area contributed by atoms with Crippen molar-refractivity contribution in [1.82, 2.24) is 15.2 Å². The van der Waals surface area contributed by atoms with Crippen LogP contribution in [0.5, 0.6) is 0 Å². The maximum absolute atomic E-state index is 12.6. The summed E-state index contributed by atoms with van der Waals surface area (Å²) in [6.07, 6.45) is -0.986. The van der Waals surface area contributed by atoms with Crippen LogP contribution in [-0.2, 0) is 6.18 Å². The fourth-order valence-corrected chi connectivity index (χ4v) is 2.23. The van der Waals surface area contributed by atoms with Crippen molar-refractivity contribution in [2.75, 3.05) is 23.3 Å². The van der Waals surface area contributed by atoms with Crippen LogP contribution in [0.25, 0.3) is 0 Å². The molecule has 130 valence electrons. The van der Waals surface area contributed by atoms with Gasteiger partial charge in [0, 0.05) is 18.8 Å². The smallest absolute Gasteiger partial charge is 0.339 e. The molecule has 2 rings (SSSR count). The molecule has 0 fully saturated rings. The molecule has 0 spiro atoms. The maximum Gasteiger partial charge on any atom is 0.416 e. The second-order valence-corrected chi connectivity index (χ2v) is 5.33. The van der Waals surface area contributed by atoms with Crippen LogP contribution in [0.1, 0.15) is 32.3 Å². The molecule has 2 aromatic rings. The molecule has 1 aromatic heterocycles. The molecule has 0 atom stereocenters. The molecule has 24 heavy (non-hydrogen) atoms. The van der Waals surface area contributed by atoms with Gasteiger partial charge in [0.2, 0.25) is 5.95 Å². The van der Waals surface area contributed by atoms with Crippen LogP contribution in [0.3, 0.4) is 0 Å². The summed E-state index contributed by atoms with van der Waals surface area (Å²) in [6, 6.07) is 4.78. The Morgan fingerprint density at radius 3 is 2.21 bits per heavy atom. The van der Waals surface area contributed by atoms with E-state index in [2.05, 4.69) is 34.3 Å². The minimum atomic E-state index is -4.34. The highest BCUT2D eigenvalue weighted by atomic mass is 19.4. The van der Waals surface area contributed by atoms with E-state index in [0.717, 1.165) is 38.1 Å². The Labute approximate surface area is 138 Å². The predicted octanol–water partition coefficient (Wildman–Crippen LogP) is 4.26. The number of hydrogen-bond acceptors (Lipinski definition) is 5. The summed E-state index contributed by atoms with van der Waals surface area (Å²) in [6.45, 7) is 5.78. The molecule has 0 aliphatic rings. The standard InChI is InChI=1S/C16H20F3N5/c1-3-9-24(10-4-2)15-22-14(11-20-23-15)21-13-7-5-12(6-8-13)16(17,18)19/h5-8,11H,3-4,9-10H2,1-2H3,(H,21,22,23). The molecule has 0 unspecified atom stereocenters. The monoisotopic (exact) mass is 339 g/mol. The molecule has 5 nitrogen and oxygen atoms in total. The van der Waals surface area contributed by atoms with E-state index in [1.54, 1.807) is 0 Å². The Morgan fingerprint density at radius 1 is 1.04 bits per heavy atom. The molecule has 8 heteroatoms. The first kappa shape index (κ1) is 18.0. The van der Waals surface area contributed by atoms with Gasteiger partial charge in [0.05, 0.1) is 11.8 Å². The van der Waals surface area contributed by atoms with Gasteiger partial charge in [0.15, 0.2) is 5.82 Å². The average molecular weight is 339 g/mol. The highest BCUT2D eigenvalue weighted by Crippen LogP contribution is 2.30. The number of halogens is 3. The van der Waals surface area contributed by atoms with Crippen LogP contribution in [0.2, 0.25) is 0 Å². The van der Waals surface area contributed by atoms with Crippen LogP contribution >= 0.6 is 0 Å². The second-order valence-electron chi connectivity index (χ2n) is 5.33. The summed E-state index contributed by atoms with van der Waals surface area (Å²) >= 11 is 0. The molecule has 1 N–H and O–H groups in total. The number of rotatable bonds is 7. The largest absolute Gasteiger partial charge is 0.416 e. The molecule has 0 radical (unpaired) electrons. The van der Waals surface area contributed by atoms with Crippen molar-refractivity contribution in [1.29, 1.82) is 0 Å². The lowest BCUT2D eigenvalue weighted by Gasteiger charge is -2.21. The molecular formula is C16H20F3N5. The van der Waals surface area contributed by atoms with Crippen molar-refractivity contribution in [3.05, 3.63) is 36.0 Å². The zero-order valence-electron chi connectivity index (χ0n) is 13.6. The fraction of sp³-hybridized carbons (Fsp3) is 0.438. The number of anilines is 3. The average Bonchev–Trinajstić information content (AvgIpc) is 2.54. The molecular weight excluding hydrogens is 319 g/mol. The Balaban J connectivity index is 2.14. The van der Waals surface area contributed by atoms with Gasteiger partial charge in [-0.15, -0.1) is 5.10 Å². The normalized spacial score (nSPS) is 11.4. The van der Waals surface area contributed by atoms with Gasteiger partial charge in [-0.2, -0.15) is 23.3 Å². The zero-order valence-corrected chi connectivity index (χ0v) is 13.6. The summed E-state index contributed by atoms with van der Waals surface area (Å²) in [5.41, 5.74) is -0.182. The lowest BCUT2D eigenvalue weighted by Crippen LogP contribution is -2.27. The van der Waals surface area contributed by atoms with Crippen molar-refractivity contribution in [2.24, 2.45) is 0 Å². The first-order chi connectivity index (χ1) is 11.4. The third kappa shape index (κ3) is 4.81. The summed E-state index contributed by atoms with van der Waals surface area (Å²) in [7, 11) is 0. The summed E-state index contributed by atoms with van der Waals surface area (Å²) in [5.74, 6) is 0.951. The maximum atomic E-state index is 12.6. The molecule has 0 amide bonds. The summed E-state index contributed by atoms with van der Waals surface area (Å²) in [4.78, 5) is 6.43. The van der Waals surface area contributed by atoms with E-state index in [1.807, 2.05) is 4.90 Å². The third-order valence-electron chi connectivity index (χ3n) is 3.30. The molecule has 0 bridgehead atoms. The van der Waals surface area contributed by atoms with Gasteiger partial charge in [0.25, 0.3) is 0 Å². The van der Waals surface area contributed by atoms with Crippen molar-refractivity contribution in [3.63, 3.8) is 0 Å². The summed E-state index contributed by atoms with van der Waals surface area (Å²) < 4.78 is 37.7. The van der Waals surface area contributed by atoms with Gasteiger partial charge in [0.1, 0.15) is 0 Å². The molecule has 0 saturated heterocycles. The number of hydrogen-bond donors (Lipinski definition) is 1. The SMILES string of the molecule is CCCN(CCC)c1nncc(Nc2ccc(C(F)(F)F)cc2)n1. The molecule has 0 aliphatic carbocycles. The summed E-state index contributed by atoms with van der Waals surface area (Å²) in [5, 5.41) is 10.9. The number of alkyl halides is 3. The first-order valence-electron chi connectivity index (χ1n) is 7.83. The zero-order chi connectivity index (χ0) is 17.6. The third-order valence-corrected chi connectivity index (χ3v) is 3.30. The fourth-order valence-electron chi connectivity index (χ4n) is 2.23. The van der Waals surface area contributed by atoms with Crippen molar-refractivity contribution < 1.29 is 13.2 Å². The van der Waals surface area contributed by atoms with Crippen LogP contribution in [0.4, 0.5) is 30.6 Å². The lowest BCUT2D eigenvalue weighted by molar-refractivity contribution is -0.137. The van der Waals surface area contributed by atoms with E-state index in [9.17, 15) is 13.2 Å².